The van der Waals surface area contributed by atoms with Gasteiger partial charge < -0.3 is 62.1 Å². The molecule has 0 aliphatic carbocycles. The van der Waals surface area contributed by atoms with E-state index in [1.165, 1.54) is 42.5 Å². The minimum absolute atomic E-state index is 0.00331. The monoisotopic (exact) mass is 1340 g/mol. The van der Waals surface area contributed by atoms with E-state index >= 15 is 0 Å². The molecule has 23 heteroatoms. The molecule has 5 aromatic carbocycles. The van der Waals surface area contributed by atoms with Crippen LogP contribution in [0.2, 0.25) is 0 Å². The van der Waals surface area contributed by atoms with Gasteiger partial charge in [-0.25, -0.2) is 14.4 Å². The fourth-order valence-corrected chi connectivity index (χ4v) is 9.55. The van der Waals surface area contributed by atoms with E-state index in [2.05, 4.69) is 90.4 Å². The number of hydrogen-bond donors (Lipinski definition) is 9. The fraction of sp³-hybridized carbons (Fsp3) is 0.171. The number of phenolic OH excluding ortho intramolecular Hbond substituents is 3. The highest BCUT2D eigenvalue weighted by Gasteiger charge is 2.54. The number of benzene rings is 5. The van der Waals surface area contributed by atoms with Crippen LogP contribution in [0.4, 0.5) is 13.2 Å². The van der Waals surface area contributed by atoms with Crippen LogP contribution in [-0.4, -0.2) is 79.3 Å². The molecule has 0 bridgehead atoms. The molecule has 2 atom stereocenters. The van der Waals surface area contributed by atoms with Crippen molar-refractivity contribution >= 4 is 114 Å². The molecule has 5 aromatic rings. The van der Waals surface area contributed by atoms with Crippen LogP contribution in [0.1, 0.15) is 49.9 Å². The third-order valence-corrected chi connectivity index (χ3v) is 11.9. The summed E-state index contributed by atoms with van der Waals surface area (Å²) in [5.74, 6) is -3.59. The minimum atomic E-state index is -5.08. The summed E-state index contributed by atoms with van der Waals surface area (Å²) in [5, 5.41) is 55.1. The predicted molar refractivity (Wildman–Crippen MR) is 256 cm³/mol. The molecule has 1 spiro atoms. The van der Waals surface area contributed by atoms with Crippen LogP contribution >= 0.6 is 90.4 Å². The first-order valence-electron chi connectivity index (χ1n) is 17.8. The van der Waals surface area contributed by atoms with Crippen LogP contribution in [0.25, 0.3) is 0 Å². The number of halogens is 7. The normalized spacial score (nSPS) is 13.6. The van der Waals surface area contributed by atoms with E-state index in [9.17, 15) is 48.0 Å². The van der Waals surface area contributed by atoms with Gasteiger partial charge in [-0.2, -0.15) is 13.2 Å². The summed E-state index contributed by atoms with van der Waals surface area (Å²) in [6.07, 6.45) is -4.82. The molecule has 64 heavy (non-hydrogen) atoms. The predicted octanol–water partition coefficient (Wildman–Crippen LogP) is 7.85. The lowest BCUT2D eigenvalue weighted by molar-refractivity contribution is -0.192. The van der Waals surface area contributed by atoms with Crippen LogP contribution in [0, 0.1) is 14.3 Å². The van der Waals surface area contributed by atoms with Crippen molar-refractivity contribution in [3.05, 3.63) is 127 Å². The molecule has 0 saturated heterocycles. The molecule has 7 rings (SSSR count). The zero-order valence-electron chi connectivity index (χ0n) is 32.5. The highest BCUT2D eigenvalue weighted by Crippen LogP contribution is 2.57. The lowest BCUT2D eigenvalue weighted by atomic mass is 9.77. The number of aliphatic carboxylic acids is 2. The molecule has 2 aliphatic rings. The van der Waals surface area contributed by atoms with Crippen molar-refractivity contribution in [2.75, 3.05) is 6.54 Å². The number of fused-ring (bicyclic) bond motifs is 6. The van der Waals surface area contributed by atoms with Crippen molar-refractivity contribution in [3.63, 3.8) is 0 Å². The summed E-state index contributed by atoms with van der Waals surface area (Å²) < 4.78 is 52.6. The van der Waals surface area contributed by atoms with E-state index in [-0.39, 0.29) is 52.3 Å². The maximum atomic E-state index is 12.7. The van der Waals surface area contributed by atoms with E-state index in [0.717, 1.165) is 12.7 Å². The van der Waals surface area contributed by atoms with Gasteiger partial charge in [0.15, 0.2) is 11.4 Å². The molecular formula is C41H34F3I4N3O13. The number of carboxylic acid groups (broad SMARTS) is 3. The van der Waals surface area contributed by atoms with Crippen molar-refractivity contribution in [1.82, 2.24) is 0 Å². The van der Waals surface area contributed by atoms with Crippen molar-refractivity contribution in [2.24, 2.45) is 17.2 Å². The van der Waals surface area contributed by atoms with Gasteiger partial charge in [-0.15, -0.1) is 0 Å². The molecular weight excluding hydrogens is 1310 g/mol. The standard InChI is InChI=1S/C21H12O7.C15H11I4NO4.C3H10N2.C2HF3O2/c22-11-2-5-14-17(8-11)27-18-9-12(23)3-6-15(18)21(14)16-7-10(19(24)25)1-4-13(16)20(26)28-21;16-8-4-7(5-9(17)13(8)21)24-14-10(18)1-6(2-11(14)19)3-12(20)15(22)23;1-3(5)2-4;3-2(4,5)1(6)7/h1-9,22-23H,(H,24,25);1-2,4-5,12,21H,3,20H2,(H,22,23);3H,2,4-5H2,1H3;(H,6,7)/t;12-;;/m.1../s1. The van der Waals surface area contributed by atoms with Gasteiger partial charge >= 0.3 is 30.1 Å². The van der Waals surface area contributed by atoms with E-state index in [0.29, 0.717) is 41.9 Å². The molecule has 0 fully saturated rings. The average molecular weight is 1340 g/mol. The molecule has 0 amide bonds. The summed E-state index contributed by atoms with van der Waals surface area (Å²) in [7, 11) is 0. The molecule has 2 heterocycles. The number of ether oxygens (including phenoxy) is 3. The number of carboxylic acids is 3. The molecule has 0 aromatic heterocycles. The van der Waals surface area contributed by atoms with Crippen LogP contribution in [0.15, 0.2) is 78.9 Å². The zero-order valence-corrected chi connectivity index (χ0v) is 41.1. The number of hydrogen-bond acceptors (Lipinski definition) is 13. The fourth-order valence-electron chi connectivity index (χ4n) is 5.72. The lowest BCUT2D eigenvalue weighted by Gasteiger charge is -2.36. The SMILES string of the molecule is CC(N)CN.N[C@H](Cc1cc(I)c(Oc2cc(I)c(O)c(I)c2)c(I)c1)C(=O)O.O=C(O)C(F)(F)F.O=C(O)c1ccc2c(c1)C1(OC2=O)c2ccc(O)cc2Oc2cc(O)ccc21. The first-order valence-corrected chi connectivity index (χ1v) is 22.2. The van der Waals surface area contributed by atoms with Gasteiger partial charge in [-0.1, -0.05) is 0 Å². The van der Waals surface area contributed by atoms with E-state index in [1.807, 2.05) is 19.1 Å². The number of esters is 1. The third kappa shape index (κ3) is 12.5. The van der Waals surface area contributed by atoms with E-state index < -0.39 is 41.7 Å². The lowest BCUT2D eigenvalue weighted by Crippen LogP contribution is -2.33. The molecule has 1 unspecified atom stereocenters. The highest BCUT2D eigenvalue weighted by atomic mass is 127. The highest BCUT2D eigenvalue weighted by molar-refractivity contribution is 14.1. The van der Waals surface area contributed by atoms with Crippen LogP contribution < -0.4 is 26.7 Å². The Kier molecular flexibility index (Phi) is 17.7. The van der Waals surface area contributed by atoms with Gasteiger partial charge in [0.05, 0.1) is 25.4 Å². The van der Waals surface area contributed by atoms with Gasteiger partial charge in [0.1, 0.15) is 40.5 Å². The molecule has 12 N–H and O–H groups in total. The van der Waals surface area contributed by atoms with E-state index in [4.69, 9.17) is 46.4 Å². The van der Waals surface area contributed by atoms with Crippen molar-refractivity contribution < 1.29 is 77.2 Å². The Morgan fingerprint density at radius 3 is 1.67 bits per heavy atom. The quantitative estimate of drug-likeness (QED) is 0.0554. The summed E-state index contributed by atoms with van der Waals surface area (Å²) >= 11 is 8.42. The Bertz CT molecular complexity index is 2520. The molecule has 0 saturated carbocycles. The Balaban J connectivity index is 0.000000226. The van der Waals surface area contributed by atoms with Crippen LogP contribution in [-0.2, 0) is 26.3 Å². The number of aromatic hydroxyl groups is 3. The molecule has 2 aliphatic heterocycles. The summed E-state index contributed by atoms with van der Waals surface area (Å²) in [5.41, 5.74) is 16.7. The molecule has 340 valence electrons. The van der Waals surface area contributed by atoms with Gasteiger partial charge in [-0.3, -0.25) is 4.79 Å². The Hall–Kier alpha value is -4.43. The average Bonchev–Trinajstić information content (AvgIpc) is 3.49. The maximum absolute atomic E-state index is 12.7. The van der Waals surface area contributed by atoms with Crippen LogP contribution in [0.5, 0.6) is 40.2 Å². The second-order valence-corrected chi connectivity index (χ2v) is 18.1. The second-order valence-electron chi connectivity index (χ2n) is 13.5. The number of aromatic carboxylic acids is 1. The largest absolute Gasteiger partial charge is 0.508 e. The summed E-state index contributed by atoms with van der Waals surface area (Å²) in [4.78, 5) is 44.0. The summed E-state index contributed by atoms with van der Waals surface area (Å²) in [6, 6.07) is 19.4. The zero-order chi connectivity index (χ0) is 48.0. The Morgan fingerprint density at radius 1 is 0.766 bits per heavy atom. The van der Waals surface area contributed by atoms with Crippen molar-refractivity contribution in [2.45, 2.75) is 37.2 Å². The number of carbonyl (C=O) groups is 4. The first kappa shape index (κ1) is 52.2. The Morgan fingerprint density at radius 2 is 1.25 bits per heavy atom. The topological polar surface area (TPSA) is 295 Å². The number of carbonyl (C=O) groups excluding carboxylic acids is 1. The molecule has 0 radical (unpaired) electrons. The smallest absolute Gasteiger partial charge is 0.490 e. The minimum Gasteiger partial charge on any atom is -0.508 e. The van der Waals surface area contributed by atoms with E-state index in [1.54, 1.807) is 24.3 Å². The van der Waals surface area contributed by atoms with Gasteiger partial charge in [-0.05, 0) is 176 Å². The van der Waals surface area contributed by atoms with Crippen molar-refractivity contribution in [1.29, 1.82) is 0 Å². The second kappa shape index (κ2) is 21.7. The van der Waals surface area contributed by atoms with Crippen molar-refractivity contribution in [3.8, 4) is 40.2 Å². The van der Waals surface area contributed by atoms with Gasteiger partial charge in [0, 0.05) is 41.4 Å². The number of nitrogens with two attached hydrogens (primary N) is 3. The first-order chi connectivity index (χ1) is 29.8. The van der Waals surface area contributed by atoms with Gasteiger partial charge in [0.2, 0.25) is 0 Å². The van der Waals surface area contributed by atoms with Crippen LogP contribution in [0.3, 0.4) is 0 Å². The number of alkyl halides is 3. The maximum Gasteiger partial charge on any atom is 0.490 e. The molecule has 16 nitrogen and oxygen atoms in total. The number of phenols is 3. The number of rotatable bonds is 7. The van der Waals surface area contributed by atoms with Gasteiger partial charge in [0.25, 0.3) is 0 Å². The Labute approximate surface area is 415 Å². The summed E-state index contributed by atoms with van der Waals surface area (Å²) in [6.45, 7) is 2.46. The third-order valence-electron chi connectivity index (χ3n) is 8.68.